The fourth-order valence-electron chi connectivity index (χ4n) is 4.77. The zero-order valence-electron chi connectivity index (χ0n) is 20.5. The van der Waals surface area contributed by atoms with Crippen molar-refractivity contribution in [2.75, 3.05) is 20.3 Å². The monoisotopic (exact) mass is 458 g/mol. The summed E-state index contributed by atoms with van der Waals surface area (Å²) in [6.45, 7) is 11.4. The van der Waals surface area contributed by atoms with E-state index in [1.807, 2.05) is 13.8 Å². The fourth-order valence-corrected chi connectivity index (χ4v) is 6.04. The first kappa shape index (κ1) is 24.9. The van der Waals surface area contributed by atoms with Crippen LogP contribution in [0.4, 0.5) is 0 Å². The lowest BCUT2D eigenvalue weighted by Crippen LogP contribution is -2.23. The van der Waals surface area contributed by atoms with Crippen molar-refractivity contribution in [2.24, 2.45) is 5.41 Å². The van der Waals surface area contributed by atoms with Crippen LogP contribution in [0.5, 0.6) is 5.75 Å². The Kier molecular flexibility index (Phi) is 8.18. The zero-order valence-corrected chi connectivity index (χ0v) is 21.3. The quantitative estimate of drug-likeness (QED) is 0.468. The van der Waals surface area contributed by atoms with Crippen molar-refractivity contribution < 1.29 is 19.4 Å². The topological polar surface area (TPSA) is 55.8 Å². The minimum atomic E-state index is -0.647. The number of hydrogen-bond acceptors (Lipinski definition) is 5. The number of carbonyl (C=O) groups is 1. The third kappa shape index (κ3) is 5.81. The van der Waals surface area contributed by atoms with Crippen molar-refractivity contribution in [1.29, 1.82) is 0 Å². The normalized spacial score (nSPS) is 16.0. The molecule has 0 saturated heterocycles. The minimum absolute atomic E-state index is 0.202. The first-order valence-corrected chi connectivity index (χ1v) is 12.5. The Morgan fingerprint density at radius 1 is 1.19 bits per heavy atom. The summed E-state index contributed by atoms with van der Waals surface area (Å²) in [5.74, 6) is 1.08. The highest BCUT2D eigenvalue weighted by atomic mass is 32.1. The van der Waals surface area contributed by atoms with E-state index in [4.69, 9.17) is 9.47 Å². The molecular weight excluding hydrogens is 420 g/mol. The molecule has 5 heteroatoms. The van der Waals surface area contributed by atoms with E-state index < -0.39 is 6.10 Å². The summed E-state index contributed by atoms with van der Waals surface area (Å²) in [5, 5.41) is 9.85. The van der Waals surface area contributed by atoms with Crippen LogP contribution in [0.1, 0.15) is 76.0 Å². The minimum Gasteiger partial charge on any atom is -0.490 e. The van der Waals surface area contributed by atoms with Gasteiger partial charge in [-0.1, -0.05) is 32.9 Å². The molecule has 176 valence electrons. The first-order chi connectivity index (χ1) is 15.1. The molecule has 0 bridgehead atoms. The highest BCUT2D eigenvalue weighted by molar-refractivity contribution is 7.14. The van der Waals surface area contributed by atoms with E-state index in [-0.39, 0.29) is 19.0 Å². The molecule has 32 heavy (non-hydrogen) atoms. The number of ketones is 1. The van der Waals surface area contributed by atoms with Crippen LogP contribution in [0.2, 0.25) is 0 Å². The van der Waals surface area contributed by atoms with Gasteiger partial charge in [0.2, 0.25) is 0 Å². The van der Waals surface area contributed by atoms with Crippen LogP contribution in [0.3, 0.4) is 0 Å². The molecule has 0 fully saturated rings. The van der Waals surface area contributed by atoms with Gasteiger partial charge in [-0.15, -0.1) is 11.3 Å². The van der Waals surface area contributed by atoms with Gasteiger partial charge in [-0.2, -0.15) is 0 Å². The molecule has 1 unspecified atom stereocenters. The second kappa shape index (κ2) is 10.5. The zero-order chi connectivity index (χ0) is 23.5. The molecule has 1 aromatic heterocycles. The predicted molar refractivity (Wildman–Crippen MR) is 131 cm³/mol. The van der Waals surface area contributed by atoms with Crippen LogP contribution < -0.4 is 4.74 Å². The second-order valence-electron chi connectivity index (χ2n) is 9.91. The summed E-state index contributed by atoms with van der Waals surface area (Å²) >= 11 is 1.74. The number of hydrogen-bond donors (Lipinski definition) is 1. The lowest BCUT2D eigenvalue weighted by molar-refractivity contribution is 0.0322. The number of aliphatic hydroxyl groups excluding tert-OH is 1. The van der Waals surface area contributed by atoms with Gasteiger partial charge in [0.1, 0.15) is 18.5 Å². The van der Waals surface area contributed by atoms with Crippen LogP contribution in [0, 0.1) is 19.3 Å². The van der Waals surface area contributed by atoms with Gasteiger partial charge in [-0.25, -0.2) is 0 Å². The fraction of sp³-hybridized carbons (Fsp3) is 0.593. The van der Waals surface area contributed by atoms with Gasteiger partial charge in [-0.05, 0) is 79.2 Å². The first-order valence-electron chi connectivity index (χ1n) is 11.7. The number of Topliss-reactive ketones (excluding diaryl/α,β-unsaturated/α-hetero) is 1. The van der Waals surface area contributed by atoms with Crippen molar-refractivity contribution in [1.82, 2.24) is 0 Å². The van der Waals surface area contributed by atoms with E-state index >= 15 is 0 Å². The summed E-state index contributed by atoms with van der Waals surface area (Å²) in [6.07, 6.45) is 4.89. The summed E-state index contributed by atoms with van der Waals surface area (Å²) in [7, 11) is 1.56. The molecule has 1 N–H and O–H groups in total. The third-order valence-corrected chi connectivity index (χ3v) is 7.88. The number of thiophene rings is 1. The Bertz CT molecular complexity index is 934. The van der Waals surface area contributed by atoms with E-state index in [9.17, 15) is 9.90 Å². The Morgan fingerprint density at radius 3 is 2.50 bits per heavy atom. The molecule has 0 radical (unpaired) electrons. The molecule has 1 aromatic carbocycles. The van der Waals surface area contributed by atoms with Crippen LogP contribution in [-0.4, -0.2) is 37.3 Å². The van der Waals surface area contributed by atoms with Crippen molar-refractivity contribution >= 4 is 17.1 Å². The molecule has 1 heterocycles. The standard InChI is InChI=1S/C27H38O4S/c1-7-24-22-14-27(4,5)11-10-21(22)26(32-24)23(29)9-8-19-12-17(2)25(18(3)13-19)31-16-20(28)15-30-6/h12-13,20,28H,7-11,14-16H2,1-6H3. The van der Waals surface area contributed by atoms with Gasteiger partial charge in [-0.3, -0.25) is 4.79 Å². The predicted octanol–water partition coefficient (Wildman–Crippen LogP) is 5.64. The Hall–Kier alpha value is -1.69. The summed E-state index contributed by atoms with van der Waals surface area (Å²) in [5.41, 5.74) is 6.34. The van der Waals surface area contributed by atoms with Gasteiger partial charge in [0, 0.05) is 18.4 Å². The summed E-state index contributed by atoms with van der Waals surface area (Å²) in [6, 6.07) is 4.20. The maximum absolute atomic E-state index is 13.2. The van der Waals surface area contributed by atoms with E-state index in [0.29, 0.717) is 11.8 Å². The molecule has 2 aromatic rings. The third-order valence-electron chi connectivity index (χ3n) is 6.42. The molecule has 1 aliphatic carbocycles. The molecule has 0 aliphatic heterocycles. The van der Waals surface area contributed by atoms with E-state index in [1.54, 1.807) is 18.4 Å². The molecule has 4 nitrogen and oxygen atoms in total. The SMILES string of the molecule is CCc1sc(C(=O)CCc2cc(C)c(OCC(O)COC)c(C)c2)c2c1CC(C)(C)CC2. The number of benzene rings is 1. The van der Waals surface area contributed by atoms with Crippen molar-refractivity contribution in [3.63, 3.8) is 0 Å². The number of fused-ring (bicyclic) bond motifs is 1. The van der Waals surface area contributed by atoms with Crippen LogP contribution in [-0.2, 0) is 30.4 Å². The number of aliphatic hydroxyl groups is 1. The maximum atomic E-state index is 13.2. The number of methoxy groups -OCH3 is 1. The number of carbonyl (C=O) groups excluding carboxylic acids is 1. The van der Waals surface area contributed by atoms with Gasteiger partial charge < -0.3 is 14.6 Å². The van der Waals surface area contributed by atoms with Gasteiger partial charge in [0.05, 0.1) is 11.5 Å². The number of aryl methyl sites for hydroxylation is 4. The number of rotatable bonds is 10. The summed E-state index contributed by atoms with van der Waals surface area (Å²) < 4.78 is 10.8. The number of ether oxygens (including phenoxy) is 2. The Morgan fingerprint density at radius 2 is 1.88 bits per heavy atom. The smallest absolute Gasteiger partial charge is 0.173 e. The van der Waals surface area contributed by atoms with Crippen molar-refractivity contribution in [2.45, 2.75) is 79.2 Å². The summed E-state index contributed by atoms with van der Waals surface area (Å²) in [4.78, 5) is 15.6. The van der Waals surface area contributed by atoms with Crippen LogP contribution in [0.25, 0.3) is 0 Å². The largest absolute Gasteiger partial charge is 0.490 e. The Labute approximate surface area is 197 Å². The second-order valence-corrected chi connectivity index (χ2v) is 11.0. The van der Waals surface area contributed by atoms with Gasteiger partial charge in [0.25, 0.3) is 0 Å². The molecule has 1 atom stereocenters. The molecule has 0 spiro atoms. The molecular formula is C27H38O4S. The van der Waals surface area contributed by atoms with Crippen molar-refractivity contribution in [3.8, 4) is 5.75 Å². The van der Waals surface area contributed by atoms with Crippen molar-refractivity contribution in [3.05, 3.63) is 49.7 Å². The van der Waals surface area contributed by atoms with Gasteiger partial charge >= 0.3 is 0 Å². The highest BCUT2D eigenvalue weighted by Gasteiger charge is 2.31. The molecule has 0 saturated carbocycles. The average molecular weight is 459 g/mol. The highest BCUT2D eigenvalue weighted by Crippen LogP contribution is 2.42. The molecule has 3 rings (SSSR count). The molecule has 1 aliphatic rings. The van der Waals surface area contributed by atoms with Gasteiger partial charge in [0.15, 0.2) is 5.78 Å². The van der Waals surface area contributed by atoms with E-state index in [0.717, 1.165) is 59.4 Å². The van der Waals surface area contributed by atoms with Crippen LogP contribution in [0.15, 0.2) is 12.1 Å². The maximum Gasteiger partial charge on any atom is 0.173 e. The van der Waals surface area contributed by atoms with E-state index in [1.165, 1.54) is 16.0 Å². The molecule has 0 amide bonds. The average Bonchev–Trinajstić information content (AvgIpc) is 3.08. The lowest BCUT2D eigenvalue weighted by Gasteiger charge is -2.30. The lowest BCUT2D eigenvalue weighted by atomic mass is 9.74. The Balaban J connectivity index is 1.69. The van der Waals surface area contributed by atoms with Crippen LogP contribution >= 0.6 is 11.3 Å². The van der Waals surface area contributed by atoms with E-state index in [2.05, 4.69) is 32.9 Å².